The number of hydrogen-bond acceptors (Lipinski definition) is 2. The molecular weight excluding hydrogens is 173 g/mol. The van der Waals surface area contributed by atoms with Crippen molar-refractivity contribution in [3.05, 3.63) is 0 Å². The average Bonchev–Trinajstić information content (AvgIpc) is 2.15. The summed E-state index contributed by atoms with van der Waals surface area (Å²) >= 11 is 1.90. The Labute approximate surface area is 78.5 Å². The molecule has 1 aliphatic heterocycles. The van der Waals surface area contributed by atoms with Crippen LogP contribution < -0.4 is 5.32 Å². The minimum atomic E-state index is -0.578. The Kier molecular flexibility index (Phi) is 5.00. The third-order valence-corrected chi connectivity index (χ3v) is 3.62. The molecule has 72 valence electrons. The lowest BCUT2D eigenvalue weighted by Gasteiger charge is -2.24. The lowest BCUT2D eigenvalue weighted by atomic mass is 9.97. The van der Waals surface area contributed by atoms with Crippen molar-refractivity contribution >= 4 is 11.8 Å². The van der Waals surface area contributed by atoms with Gasteiger partial charge in [0.05, 0.1) is 0 Å². The quantitative estimate of drug-likeness (QED) is 0.730. The van der Waals surface area contributed by atoms with Crippen LogP contribution in [0.5, 0.6) is 0 Å². The molecule has 0 radical (unpaired) electrons. The highest BCUT2D eigenvalue weighted by Gasteiger charge is 2.22. The number of rotatable bonds is 4. The van der Waals surface area contributed by atoms with Crippen LogP contribution >= 0.6 is 11.8 Å². The fourth-order valence-corrected chi connectivity index (χ4v) is 2.78. The van der Waals surface area contributed by atoms with Crippen molar-refractivity contribution in [2.24, 2.45) is 5.92 Å². The fourth-order valence-electron chi connectivity index (χ4n) is 1.57. The smallest absolute Gasteiger partial charge is 0.105 e. The molecule has 0 amide bonds. The van der Waals surface area contributed by atoms with E-state index < -0.39 is 6.17 Å². The zero-order chi connectivity index (χ0) is 8.81. The van der Waals surface area contributed by atoms with Crippen LogP contribution in [0, 0.1) is 5.92 Å². The van der Waals surface area contributed by atoms with Crippen LogP contribution in [0.15, 0.2) is 0 Å². The van der Waals surface area contributed by atoms with E-state index in [9.17, 15) is 4.39 Å². The summed E-state index contributed by atoms with van der Waals surface area (Å²) in [6.07, 6.45) is 2.40. The van der Waals surface area contributed by atoms with E-state index in [1.807, 2.05) is 18.8 Å². The molecule has 12 heavy (non-hydrogen) atoms. The van der Waals surface area contributed by atoms with Gasteiger partial charge < -0.3 is 5.32 Å². The molecule has 1 fully saturated rings. The second-order valence-electron chi connectivity index (χ2n) is 3.39. The zero-order valence-corrected chi connectivity index (χ0v) is 8.50. The van der Waals surface area contributed by atoms with E-state index in [1.165, 1.54) is 12.2 Å². The third kappa shape index (κ3) is 3.31. The molecule has 0 bridgehead atoms. The van der Waals surface area contributed by atoms with Gasteiger partial charge in [-0.05, 0) is 50.3 Å². The highest BCUT2D eigenvalue weighted by molar-refractivity contribution is 7.99. The first-order valence-electron chi connectivity index (χ1n) is 4.71. The van der Waals surface area contributed by atoms with E-state index in [-0.39, 0.29) is 0 Å². The SMILES string of the molecule is CNCCC(F)C1CCCSC1. The van der Waals surface area contributed by atoms with Gasteiger partial charge in [-0.25, -0.2) is 4.39 Å². The Morgan fingerprint density at radius 3 is 3.08 bits per heavy atom. The first kappa shape index (κ1) is 10.3. The standard InChI is InChI=1S/C9H18FNS/c1-11-5-4-9(10)8-3-2-6-12-7-8/h8-9,11H,2-7H2,1H3. The molecule has 0 aromatic rings. The van der Waals surface area contributed by atoms with E-state index in [1.54, 1.807) is 0 Å². The Morgan fingerprint density at radius 2 is 2.50 bits per heavy atom. The van der Waals surface area contributed by atoms with Crippen molar-refractivity contribution in [3.63, 3.8) is 0 Å². The van der Waals surface area contributed by atoms with Gasteiger partial charge in [0.15, 0.2) is 0 Å². The van der Waals surface area contributed by atoms with Crippen LogP contribution in [0.1, 0.15) is 19.3 Å². The molecule has 1 saturated heterocycles. The molecule has 0 spiro atoms. The Balaban J connectivity index is 2.15. The topological polar surface area (TPSA) is 12.0 Å². The predicted octanol–water partition coefficient (Wildman–Crippen LogP) is 2.08. The third-order valence-electron chi connectivity index (χ3n) is 2.38. The summed E-state index contributed by atoms with van der Waals surface area (Å²) in [7, 11) is 1.88. The van der Waals surface area contributed by atoms with E-state index in [2.05, 4.69) is 5.32 Å². The molecule has 1 N–H and O–H groups in total. The Hall–Kier alpha value is 0.240. The first-order chi connectivity index (χ1) is 5.84. The van der Waals surface area contributed by atoms with Crippen LogP contribution in [-0.4, -0.2) is 31.3 Å². The average molecular weight is 191 g/mol. The van der Waals surface area contributed by atoms with E-state index in [4.69, 9.17) is 0 Å². The van der Waals surface area contributed by atoms with Gasteiger partial charge in [0.2, 0.25) is 0 Å². The summed E-state index contributed by atoms with van der Waals surface area (Å²) in [4.78, 5) is 0. The Morgan fingerprint density at radius 1 is 1.67 bits per heavy atom. The molecule has 1 heterocycles. The van der Waals surface area contributed by atoms with Gasteiger partial charge in [-0.1, -0.05) is 0 Å². The number of halogens is 1. The zero-order valence-electron chi connectivity index (χ0n) is 7.68. The van der Waals surface area contributed by atoms with Crippen LogP contribution in [0.4, 0.5) is 4.39 Å². The van der Waals surface area contributed by atoms with Gasteiger partial charge in [0, 0.05) is 0 Å². The number of thioether (sulfide) groups is 1. The lowest BCUT2D eigenvalue weighted by molar-refractivity contribution is 0.217. The van der Waals surface area contributed by atoms with Crippen molar-refractivity contribution in [2.75, 3.05) is 25.1 Å². The van der Waals surface area contributed by atoms with Crippen LogP contribution in [-0.2, 0) is 0 Å². The fraction of sp³-hybridized carbons (Fsp3) is 1.00. The molecule has 0 aromatic heterocycles. The summed E-state index contributed by atoms with van der Waals surface area (Å²) in [5, 5.41) is 2.99. The predicted molar refractivity (Wildman–Crippen MR) is 53.5 cm³/mol. The van der Waals surface area contributed by atoms with Gasteiger partial charge >= 0.3 is 0 Å². The molecule has 0 aliphatic carbocycles. The minimum Gasteiger partial charge on any atom is -0.320 e. The molecule has 1 nitrogen and oxygen atoms in total. The maximum Gasteiger partial charge on any atom is 0.105 e. The lowest BCUT2D eigenvalue weighted by Crippen LogP contribution is -2.25. The van der Waals surface area contributed by atoms with Crippen LogP contribution in [0.2, 0.25) is 0 Å². The van der Waals surface area contributed by atoms with Crippen molar-refractivity contribution in [1.29, 1.82) is 0 Å². The second kappa shape index (κ2) is 5.81. The molecule has 3 heteroatoms. The summed E-state index contributed by atoms with van der Waals surface area (Å²) in [6.45, 7) is 0.808. The van der Waals surface area contributed by atoms with E-state index >= 15 is 0 Å². The molecule has 0 saturated carbocycles. The van der Waals surface area contributed by atoms with Crippen molar-refractivity contribution < 1.29 is 4.39 Å². The van der Waals surface area contributed by atoms with Gasteiger partial charge in [-0.3, -0.25) is 0 Å². The summed E-state index contributed by atoms with van der Waals surface area (Å²) in [6, 6.07) is 0. The monoisotopic (exact) mass is 191 g/mol. The van der Waals surface area contributed by atoms with Crippen molar-refractivity contribution in [2.45, 2.75) is 25.4 Å². The molecular formula is C9H18FNS. The first-order valence-corrected chi connectivity index (χ1v) is 5.86. The molecule has 2 atom stereocenters. The highest BCUT2D eigenvalue weighted by atomic mass is 32.2. The number of nitrogens with one attached hydrogen (secondary N) is 1. The number of hydrogen-bond donors (Lipinski definition) is 1. The van der Waals surface area contributed by atoms with Gasteiger partial charge in [0.1, 0.15) is 6.17 Å². The second-order valence-corrected chi connectivity index (χ2v) is 4.54. The van der Waals surface area contributed by atoms with Crippen molar-refractivity contribution in [3.8, 4) is 0 Å². The molecule has 1 rings (SSSR count). The highest BCUT2D eigenvalue weighted by Crippen LogP contribution is 2.27. The van der Waals surface area contributed by atoms with Gasteiger partial charge in [-0.15, -0.1) is 0 Å². The summed E-state index contributed by atoms with van der Waals surface area (Å²) in [5.41, 5.74) is 0. The van der Waals surface area contributed by atoms with E-state index in [0.717, 1.165) is 18.7 Å². The molecule has 2 unspecified atom stereocenters. The number of alkyl halides is 1. The summed E-state index contributed by atoms with van der Waals surface area (Å²) < 4.78 is 13.4. The van der Waals surface area contributed by atoms with Crippen LogP contribution in [0.3, 0.4) is 0 Å². The minimum absolute atomic E-state index is 0.331. The maximum absolute atomic E-state index is 13.4. The normalized spacial score (nSPS) is 27.0. The van der Waals surface area contributed by atoms with Gasteiger partial charge in [0.25, 0.3) is 0 Å². The van der Waals surface area contributed by atoms with E-state index in [0.29, 0.717) is 12.3 Å². The van der Waals surface area contributed by atoms with Crippen molar-refractivity contribution in [1.82, 2.24) is 5.32 Å². The van der Waals surface area contributed by atoms with Gasteiger partial charge in [-0.2, -0.15) is 11.8 Å². The summed E-state index contributed by atoms with van der Waals surface area (Å²) in [5.74, 6) is 2.59. The van der Waals surface area contributed by atoms with Crippen LogP contribution in [0.25, 0.3) is 0 Å². The largest absolute Gasteiger partial charge is 0.320 e. The molecule has 1 aliphatic rings. The Bertz CT molecular complexity index is 115. The molecule has 0 aromatic carbocycles. The maximum atomic E-state index is 13.4.